The second-order valence-electron chi connectivity index (χ2n) is 6.13. The zero-order valence-electron chi connectivity index (χ0n) is 13.3. The molecule has 3 aromatic rings. The Bertz CT molecular complexity index is 1050. The van der Waals surface area contributed by atoms with E-state index in [1.165, 1.54) is 28.8 Å². The van der Waals surface area contributed by atoms with Crippen LogP contribution in [0.4, 0.5) is 9.18 Å². The van der Waals surface area contributed by atoms with Crippen LogP contribution in [0.15, 0.2) is 48.7 Å². The third-order valence-electron chi connectivity index (χ3n) is 4.51. The number of halogens is 2. The number of urea groups is 1. The predicted molar refractivity (Wildman–Crippen MR) is 93.4 cm³/mol. The molecule has 0 saturated carbocycles. The van der Waals surface area contributed by atoms with Gasteiger partial charge in [0, 0.05) is 22.0 Å². The number of carbonyl (C=O) groups excluding carboxylic acids is 2. The number of hydrogen-bond acceptors (Lipinski definition) is 3. The van der Waals surface area contributed by atoms with Crippen molar-refractivity contribution in [3.8, 4) is 5.88 Å². The lowest BCUT2D eigenvalue weighted by molar-refractivity contribution is -0.124. The summed E-state index contributed by atoms with van der Waals surface area (Å²) >= 11 is 5.97. The van der Waals surface area contributed by atoms with Crippen molar-refractivity contribution >= 4 is 34.3 Å². The molecule has 1 atom stereocenters. The Morgan fingerprint density at radius 1 is 1.15 bits per heavy atom. The Morgan fingerprint density at radius 2 is 1.88 bits per heavy atom. The molecular formula is C18H13ClFN3O3. The molecule has 0 bridgehead atoms. The highest BCUT2D eigenvalue weighted by molar-refractivity contribution is 6.31. The SMILES string of the molecule is O=C1NC(=O)[C@](Cn2cc3ccc(Cl)cc3c2O)(c2ccc(F)cc2)N1. The first-order chi connectivity index (χ1) is 12.4. The van der Waals surface area contributed by atoms with E-state index in [0.717, 1.165) is 5.39 Å². The summed E-state index contributed by atoms with van der Waals surface area (Å²) in [5, 5.41) is 17.1. The lowest BCUT2D eigenvalue weighted by atomic mass is 9.89. The first-order valence-electron chi connectivity index (χ1n) is 7.76. The number of hydrogen-bond donors (Lipinski definition) is 3. The first-order valence-corrected chi connectivity index (χ1v) is 8.14. The Hall–Kier alpha value is -3.06. The molecule has 1 aliphatic rings. The summed E-state index contributed by atoms with van der Waals surface area (Å²) in [7, 11) is 0. The van der Waals surface area contributed by atoms with Crippen molar-refractivity contribution in [2.45, 2.75) is 12.1 Å². The molecule has 0 aliphatic carbocycles. The molecule has 1 aromatic heterocycles. The van der Waals surface area contributed by atoms with Gasteiger partial charge < -0.3 is 15.0 Å². The van der Waals surface area contributed by atoms with Crippen molar-refractivity contribution in [2.75, 3.05) is 0 Å². The molecule has 0 unspecified atom stereocenters. The normalized spacial score (nSPS) is 19.6. The maximum Gasteiger partial charge on any atom is 0.322 e. The van der Waals surface area contributed by atoms with Gasteiger partial charge in [0.15, 0.2) is 11.4 Å². The number of carbonyl (C=O) groups is 2. The average Bonchev–Trinajstić information content (AvgIpc) is 3.06. The fourth-order valence-corrected chi connectivity index (χ4v) is 3.40. The van der Waals surface area contributed by atoms with E-state index in [1.54, 1.807) is 24.4 Å². The smallest absolute Gasteiger partial charge is 0.322 e. The van der Waals surface area contributed by atoms with Crippen molar-refractivity contribution in [1.29, 1.82) is 0 Å². The zero-order chi connectivity index (χ0) is 18.5. The Balaban J connectivity index is 1.84. The third kappa shape index (κ3) is 2.48. The van der Waals surface area contributed by atoms with E-state index >= 15 is 0 Å². The number of nitrogens with one attached hydrogen (secondary N) is 2. The number of aromatic nitrogens is 1. The summed E-state index contributed by atoms with van der Waals surface area (Å²) in [5.41, 5.74) is -1.07. The molecule has 4 rings (SSSR count). The maximum absolute atomic E-state index is 13.3. The first kappa shape index (κ1) is 16.4. The number of rotatable bonds is 3. The minimum absolute atomic E-state index is 0.0751. The van der Waals surface area contributed by atoms with Gasteiger partial charge in [-0.15, -0.1) is 0 Å². The molecule has 1 fully saturated rings. The molecule has 0 spiro atoms. The van der Waals surface area contributed by atoms with Crippen molar-refractivity contribution in [3.63, 3.8) is 0 Å². The summed E-state index contributed by atoms with van der Waals surface area (Å²) in [6.45, 7) is -0.0751. The van der Waals surface area contributed by atoms with Crippen LogP contribution in [0.2, 0.25) is 5.02 Å². The summed E-state index contributed by atoms with van der Waals surface area (Å²) in [6.07, 6.45) is 1.66. The van der Waals surface area contributed by atoms with E-state index < -0.39 is 23.3 Å². The van der Waals surface area contributed by atoms with Gasteiger partial charge in [-0.1, -0.05) is 29.8 Å². The lowest BCUT2D eigenvalue weighted by Gasteiger charge is -2.27. The van der Waals surface area contributed by atoms with Gasteiger partial charge >= 0.3 is 6.03 Å². The highest BCUT2D eigenvalue weighted by atomic mass is 35.5. The van der Waals surface area contributed by atoms with Gasteiger partial charge in [0.25, 0.3) is 5.91 Å². The summed E-state index contributed by atoms with van der Waals surface area (Å²) < 4.78 is 14.7. The molecule has 2 heterocycles. The van der Waals surface area contributed by atoms with Gasteiger partial charge in [-0.05, 0) is 29.8 Å². The lowest BCUT2D eigenvalue weighted by Crippen LogP contribution is -2.47. The fraction of sp³-hybridized carbons (Fsp3) is 0.111. The molecule has 3 N–H and O–H groups in total. The summed E-state index contributed by atoms with van der Waals surface area (Å²) in [5.74, 6) is -1.12. The number of aromatic hydroxyl groups is 1. The van der Waals surface area contributed by atoms with Gasteiger partial charge in [-0.25, -0.2) is 9.18 Å². The second kappa shape index (κ2) is 5.74. The highest BCUT2D eigenvalue weighted by Crippen LogP contribution is 2.34. The van der Waals surface area contributed by atoms with Gasteiger partial charge in [0.2, 0.25) is 0 Å². The molecule has 1 saturated heterocycles. The number of imide groups is 1. The summed E-state index contributed by atoms with van der Waals surface area (Å²) in [4.78, 5) is 24.4. The number of amides is 3. The van der Waals surface area contributed by atoms with E-state index in [2.05, 4.69) is 10.6 Å². The quantitative estimate of drug-likeness (QED) is 0.617. The minimum Gasteiger partial charge on any atom is -0.494 e. The van der Waals surface area contributed by atoms with Crippen LogP contribution in [0.1, 0.15) is 5.56 Å². The monoisotopic (exact) mass is 373 g/mol. The Kier molecular flexibility index (Phi) is 3.62. The molecule has 6 nitrogen and oxygen atoms in total. The molecule has 2 aromatic carbocycles. The molecular weight excluding hydrogens is 361 g/mol. The average molecular weight is 374 g/mol. The van der Waals surface area contributed by atoms with Crippen LogP contribution in [0.25, 0.3) is 10.8 Å². The van der Waals surface area contributed by atoms with Crippen LogP contribution in [-0.2, 0) is 16.9 Å². The fourth-order valence-electron chi connectivity index (χ4n) is 3.23. The molecule has 0 radical (unpaired) electrons. The largest absolute Gasteiger partial charge is 0.494 e. The van der Waals surface area contributed by atoms with E-state index in [4.69, 9.17) is 11.6 Å². The van der Waals surface area contributed by atoms with Crippen molar-refractivity contribution in [1.82, 2.24) is 15.2 Å². The van der Waals surface area contributed by atoms with E-state index in [-0.39, 0.29) is 12.4 Å². The van der Waals surface area contributed by atoms with Gasteiger partial charge in [0.05, 0.1) is 6.54 Å². The number of nitrogens with zero attached hydrogens (tertiary/aromatic N) is 1. The Labute approximate surface area is 152 Å². The predicted octanol–water partition coefficient (Wildman–Crippen LogP) is 2.87. The molecule has 26 heavy (non-hydrogen) atoms. The van der Waals surface area contributed by atoms with E-state index in [0.29, 0.717) is 16.0 Å². The van der Waals surface area contributed by atoms with Gasteiger partial charge in [-0.3, -0.25) is 10.1 Å². The van der Waals surface area contributed by atoms with Crippen molar-refractivity contribution < 1.29 is 19.1 Å². The van der Waals surface area contributed by atoms with Crippen LogP contribution in [0.5, 0.6) is 5.88 Å². The third-order valence-corrected chi connectivity index (χ3v) is 4.74. The van der Waals surface area contributed by atoms with Gasteiger partial charge in [0.1, 0.15) is 5.82 Å². The standard InChI is InChI=1S/C18H13ClFN3O3/c19-12-4-1-10-8-23(15(24)14(10)7-12)9-18(16(25)21-17(26)22-18)11-2-5-13(20)6-3-11/h1-8,24H,9H2,(H2,21,22,25,26)/t18-/m0/s1. The molecule has 132 valence electrons. The zero-order valence-corrected chi connectivity index (χ0v) is 14.0. The van der Waals surface area contributed by atoms with Crippen LogP contribution in [0.3, 0.4) is 0 Å². The number of fused-ring (bicyclic) bond motifs is 1. The van der Waals surface area contributed by atoms with Crippen molar-refractivity contribution in [3.05, 3.63) is 65.1 Å². The van der Waals surface area contributed by atoms with Gasteiger partial charge in [-0.2, -0.15) is 0 Å². The van der Waals surface area contributed by atoms with Crippen LogP contribution >= 0.6 is 11.6 Å². The summed E-state index contributed by atoms with van der Waals surface area (Å²) in [6, 6.07) is 9.66. The maximum atomic E-state index is 13.3. The second-order valence-corrected chi connectivity index (χ2v) is 6.57. The molecule has 8 heteroatoms. The minimum atomic E-state index is -1.47. The van der Waals surface area contributed by atoms with Crippen molar-refractivity contribution in [2.24, 2.45) is 0 Å². The topological polar surface area (TPSA) is 83.4 Å². The highest BCUT2D eigenvalue weighted by Gasteiger charge is 2.48. The van der Waals surface area contributed by atoms with Crippen LogP contribution in [-0.4, -0.2) is 21.6 Å². The van der Waals surface area contributed by atoms with Crippen LogP contribution in [0, 0.1) is 5.82 Å². The van der Waals surface area contributed by atoms with E-state index in [9.17, 15) is 19.1 Å². The molecule has 1 aliphatic heterocycles. The van der Waals surface area contributed by atoms with E-state index in [1.807, 2.05) is 0 Å². The molecule has 3 amide bonds. The Morgan fingerprint density at radius 3 is 2.54 bits per heavy atom. The van der Waals surface area contributed by atoms with Crippen LogP contribution < -0.4 is 10.6 Å². The number of benzene rings is 2.